The third kappa shape index (κ3) is 7.97. The second kappa shape index (κ2) is 9.49. The maximum absolute atomic E-state index is 10.6. The summed E-state index contributed by atoms with van der Waals surface area (Å²) < 4.78 is 0. The normalized spacial score (nSPS) is 12.1. The summed E-state index contributed by atoms with van der Waals surface area (Å²) in [4.78, 5) is 20.8. The minimum atomic E-state index is -0.948. The van der Waals surface area contributed by atoms with Crippen LogP contribution in [-0.4, -0.2) is 23.5 Å². The van der Waals surface area contributed by atoms with Gasteiger partial charge >= 0.3 is 5.97 Å². The molecule has 0 aromatic carbocycles. The molecular weight excluding hydrogens is 194 g/mol. The first-order chi connectivity index (χ1) is 7.22. The van der Waals surface area contributed by atoms with Crippen LogP contribution in [0.1, 0.15) is 51.9 Å². The summed E-state index contributed by atoms with van der Waals surface area (Å²) in [5.41, 5.74) is 0. The van der Waals surface area contributed by atoms with Gasteiger partial charge in [0.1, 0.15) is 6.04 Å². The first kappa shape index (κ1) is 13.9. The molecule has 0 aromatic rings. The van der Waals surface area contributed by atoms with Crippen LogP contribution in [0.5, 0.6) is 0 Å². The Morgan fingerprint density at radius 3 is 2.40 bits per heavy atom. The number of aliphatic carboxylic acids is 1. The van der Waals surface area contributed by atoms with E-state index in [0.29, 0.717) is 12.8 Å². The molecule has 0 aromatic heterocycles. The van der Waals surface area contributed by atoms with Gasteiger partial charge in [-0.05, 0) is 6.42 Å². The van der Waals surface area contributed by atoms with Crippen molar-refractivity contribution in [1.82, 2.24) is 5.32 Å². The highest BCUT2D eigenvalue weighted by atomic mass is 16.4. The molecule has 4 nitrogen and oxygen atoms in total. The van der Waals surface area contributed by atoms with Crippen LogP contribution < -0.4 is 5.32 Å². The molecule has 0 aliphatic rings. The highest BCUT2D eigenvalue weighted by Gasteiger charge is 2.14. The number of hydrogen-bond acceptors (Lipinski definition) is 2. The zero-order valence-corrected chi connectivity index (χ0v) is 9.37. The Labute approximate surface area is 91.1 Å². The fourth-order valence-corrected chi connectivity index (χ4v) is 1.49. The Hall–Kier alpha value is -1.06. The molecule has 0 saturated carbocycles. The molecule has 0 heterocycles. The number of carbonyl (C=O) groups is 2. The lowest BCUT2D eigenvalue weighted by molar-refractivity contribution is -0.140. The Morgan fingerprint density at radius 1 is 1.27 bits per heavy atom. The minimum absolute atomic E-state index is 0.454. The molecular formula is C11H21NO3. The van der Waals surface area contributed by atoms with E-state index >= 15 is 0 Å². The van der Waals surface area contributed by atoms with Crippen molar-refractivity contribution < 1.29 is 14.7 Å². The average Bonchev–Trinajstić information content (AvgIpc) is 2.21. The molecule has 0 rings (SSSR count). The number of carboxylic acid groups (broad SMARTS) is 1. The number of rotatable bonds is 10. The van der Waals surface area contributed by atoms with Crippen LogP contribution in [0.15, 0.2) is 0 Å². The van der Waals surface area contributed by atoms with E-state index in [0.717, 1.165) is 19.3 Å². The molecule has 1 unspecified atom stereocenters. The fraction of sp³-hybridized carbons (Fsp3) is 0.818. The summed E-state index contributed by atoms with van der Waals surface area (Å²) in [5, 5.41) is 11.0. The molecule has 2 N–H and O–H groups in total. The first-order valence-electron chi connectivity index (χ1n) is 5.64. The van der Waals surface area contributed by atoms with Gasteiger partial charge < -0.3 is 10.4 Å². The molecule has 0 radical (unpaired) electrons. The van der Waals surface area contributed by atoms with Gasteiger partial charge in [0.15, 0.2) is 0 Å². The maximum Gasteiger partial charge on any atom is 0.326 e. The van der Waals surface area contributed by atoms with E-state index in [4.69, 9.17) is 5.11 Å². The first-order valence-corrected chi connectivity index (χ1v) is 5.64. The predicted octanol–water partition coefficient (Wildman–Crippen LogP) is 1.94. The number of carbonyl (C=O) groups excluding carboxylic acids is 1. The number of carboxylic acids is 1. The second-order valence-electron chi connectivity index (χ2n) is 3.73. The highest BCUT2D eigenvalue weighted by molar-refractivity contribution is 5.76. The van der Waals surface area contributed by atoms with Crippen LogP contribution in [0.4, 0.5) is 0 Å². The van der Waals surface area contributed by atoms with Gasteiger partial charge in [0.25, 0.3) is 0 Å². The van der Waals surface area contributed by atoms with Crippen molar-refractivity contribution in [2.45, 2.75) is 57.9 Å². The summed E-state index contributed by atoms with van der Waals surface area (Å²) in [6.45, 7) is 2.16. The van der Waals surface area contributed by atoms with Crippen LogP contribution >= 0.6 is 0 Å². The molecule has 0 spiro atoms. The van der Waals surface area contributed by atoms with Crippen molar-refractivity contribution in [2.75, 3.05) is 0 Å². The molecule has 4 heteroatoms. The SMILES string of the molecule is CCCCCCCCC(NC=O)C(=O)O. The molecule has 1 amide bonds. The monoisotopic (exact) mass is 215 g/mol. The summed E-state index contributed by atoms with van der Waals surface area (Å²) in [5.74, 6) is -0.948. The van der Waals surface area contributed by atoms with Crippen LogP contribution in [0.25, 0.3) is 0 Å². The number of amides is 1. The molecule has 1 atom stereocenters. The molecule has 15 heavy (non-hydrogen) atoms. The Morgan fingerprint density at radius 2 is 1.87 bits per heavy atom. The maximum atomic E-state index is 10.6. The Kier molecular flexibility index (Phi) is 8.82. The number of hydrogen-bond donors (Lipinski definition) is 2. The molecule has 0 bridgehead atoms. The summed E-state index contributed by atoms with van der Waals surface area (Å²) in [6, 6.07) is -0.714. The van der Waals surface area contributed by atoms with Crippen molar-refractivity contribution in [2.24, 2.45) is 0 Å². The molecule has 88 valence electrons. The lowest BCUT2D eigenvalue weighted by Gasteiger charge is -2.10. The Balaban J connectivity index is 3.45. The van der Waals surface area contributed by atoms with E-state index in [-0.39, 0.29) is 0 Å². The van der Waals surface area contributed by atoms with Crippen LogP contribution in [0, 0.1) is 0 Å². The van der Waals surface area contributed by atoms with E-state index in [1.54, 1.807) is 0 Å². The van der Waals surface area contributed by atoms with E-state index < -0.39 is 12.0 Å². The number of unbranched alkanes of at least 4 members (excludes halogenated alkanes) is 5. The van der Waals surface area contributed by atoms with E-state index in [2.05, 4.69) is 12.2 Å². The lowest BCUT2D eigenvalue weighted by Crippen LogP contribution is -2.35. The van der Waals surface area contributed by atoms with Crippen molar-refractivity contribution >= 4 is 12.4 Å². The standard InChI is InChI=1S/C11H21NO3/c1-2-3-4-5-6-7-8-10(11(14)15)12-9-13/h9-10H,2-8H2,1H3,(H,12,13)(H,14,15). The fourth-order valence-electron chi connectivity index (χ4n) is 1.49. The van der Waals surface area contributed by atoms with Crippen molar-refractivity contribution in [3.05, 3.63) is 0 Å². The van der Waals surface area contributed by atoms with E-state index in [9.17, 15) is 9.59 Å². The topological polar surface area (TPSA) is 66.4 Å². The largest absolute Gasteiger partial charge is 0.480 e. The molecule has 0 saturated heterocycles. The van der Waals surface area contributed by atoms with Gasteiger partial charge in [-0.2, -0.15) is 0 Å². The Bertz CT molecular complexity index is 183. The van der Waals surface area contributed by atoms with Gasteiger partial charge in [-0.1, -0.05) is 45.4 Å². The third-order valence-electron chi connectivity index (χ3n) is 2.41. The van der Waals surface area contributed by atoms with Gasteiger partial charge in [-0.15, -0.1) is 0 Å². The van der Waals surface area contributed by atoms with Crippen LogP contribution in [0.3, 0.4) is 0 Å². The van der Waals surface area contributed by atoms with Gasteiger partial charge in [0.05, 0.1) is 0 Å². The molecule has 0 fully saturated rings. The summed E-state index contributed by atoms with van der Waals surface area (Å²) in [6.07, 6.45) is 7.72. The van der Waals surface area contributed by atoms with Crippen LogP contribution in [-0.2, 0) is 9.59 Å². The average molecular weight is 215 g/mol. The zero-order chi connectivity index (χ0) is 11.5. The van der Waals surface area contributed by atoms with Crippen molar-refractivity contribution in [3.63, 3.8) is 0 Å². The zero-order valence-electron chi connectivity index (χ0n) is 9.37. The van der Waals surface area contributed by atoms with Crippen molar-refractivity contribution in [1.29, 1.82) is 0 Å². The predicted molar refractivity (Wildman–Crippen MR) is 58.6 cm³/mol. The van der Waals surface area contributed by atoms with Crippen molar-refractivity contribution in [3.8, 4) is 0 Å². The summed E-state index contributed by atoms with van der Waals surface area (Å²) in [7, 11) is 0. The van der Waals surface area contributed by atoms with E-state index in [1.165, 1.54) is 19.3 Å². The van der Waals surface area contributed by atoms with Gasteiger partial charge in [0, 0.05) is 0 Å². The number of nitrogens with one attached hydrogen (secondary N) is 1. The molecule has 0 aliphatic heterocycles. The van der Waals surface area contributed by atoms with Crippen LogP contribution in [0.2, 0.25) is 0 Å². The van der Waals surface area contributed by atoms with Gasteiger partial charge in [-0.3, -0.25) is 4.79 Å². The minimum Gasteiger partial charge on any atom is -0.480 e. The highest BCUT2D eigenvalue weighted by Crippen LogP contribution is 2.08. The smallest absolute Gasteiger partial charge is 0.326 e. The van der Waals surface area contributed by atoms with E-state index in [1.807, 2.05) is 0 Å². The quantitative estimate of drug-likeness (QED) is 0.432. The van der Waals surface area contributed by atoms with Gasteiger partial charge in [0.2, 0.25) is 6.41 Å². The summed E-state index contributed by atoms with van der Waals surface area (Å²) >= 11 is 0. The lowest BCUT2D eigenvalue weighted by atomic mass is 10.1. The third-order valence-corrected chi connectivity index (χ3v) is 2.41. The van der Waals surface area contributed by atoms with Gasteiger partial charge in [-0.25, -0.2) is 4.79 Å². The second-order valence-corrected chi connectivity index (χ2v) is 3.73. The molecule has 0 aliphatic carbocycles.